The van der Waals surface area contributed by atoms with Crippen molar-refractivity contribution in [3.8, 4) is 0 Å². The summed E-state index contributed by atoms with van der Waals surface area (Å²) >= 11 is 6.04. The number of halogens is 2. The molecule has 0 unspecified atom stereocenters. The van der Waals surface area contributed by atoms with Gasteiger partial charge in [-0.15, -0.1) is 12.4 Å². The molecule has 1 aromatic rings. The second kappa shape index (κ2) is 5.01. The molecule has 0 saturated heterocycles. The first kappa shape index (κ1) is 11.8. The standard InChI is InChI=1S/C11H14ClN.ClH/c12-10-4-2-1-3-9(10)11(13)7-8-5-6-8;/h1-4,8,11H,5-7,13H2;1H/t11-;/m0./s1. The minimum absolute atomic E-state index is 0. The lowest BCUT2D eigenvalue weighted by Gasteiger charge is -2.12. The molecular formula is C11H15Cl2N. The van der Waals surface area contributed by atoms with Gasteiger partial charge in [0.2, 0.25) is 0 Å². The van der Waals surface area contributed by atoms with Gasteiger partial charge < -0.3 is 5.73 Å². The van der Waals surface area contributed by atoms with Crippen LogP contribution in [-0.2, 0) is 0 Å². The quantitative estimate of drug-likeness (QED) is 0.847. The van der Waals surface area contributed by atoms with E-state index in [0.29, 0.717) is 0 Å². The zero-order valence-corrected chi connectivity index (χ0v) is 9.52. The average Bonchev–Trinajstić information content (AvgIpc) is 2.89. The molecule has 1 aliphatic rings. The van der Waals surface area contributed by atoms with E-state index in [0.717, 1.165) is 22.9 Å². The number of hydrogen-bond donors (Lipinski definition) is 1. The third-order valence-electron chi connectivity index (χ3n) is 2.59. The predicted octanol–water partition coefficient (Wildman–Crippen LogP) is 3.56. The van der Waals surface area contributed by atoms with E-state index in [1.165, 1.54) is 12.8 Å². The summed E-state index contributed by atoms with van der Waals surface area (Å²) in [5.74, 6) is 0.853. The first-order chi connectivity index (χ1) is 6.27. The van der Waals surface area contributed by atoms with Gasteiger partial charge in [-0.3, -0.25) is 0 Å². The van der Waals surface area contributed by atoms with E-state index >= 15 is 0 Å². The smallest absolute Gasteiger partial charge is 0.0453 e. The zero-order chi connectivity index (χ0) is 9.26. The van der Waals surface area contributed by atoms with Crippen LogP contribution in [0.5, 0.6) is 0 Å². The molecule has 78 valence electrons. The number of nitrogens with two attached hydrogens (primary N) is 1. The molecule has 1 atom stereocenters. The highest BCUT2D eigenvalue weighted by molar-refractivity contribution is 6.31. The maximum absolute atomic E-state index is 6.05. The number of benzene rings is 1. The zero-order valence-electron chi connectivity index (χ0n) is 7.95. The lowest BCUT2D eigenvalue weighted by molar-refractivity contribution is 0.597. The largest absolute Gasteiger partial charge is 0.324 e. The Morgan fingerprint density at radius 3 is 2.57 bits per heavy atom. The number of rotatable bonds is 3. The highest BCUT2D eigenvalue weighted by atomic mass is 35.5. The van der Waals surface area contributed by atoms with Crippen LogP contribution < -0.4 is 5.73 Å². The van der Waals surface area contributed by atoms with Crippen molar-refractivity contribution in [2.24, 2.45) is 11.7 Å². The van der Waals surface area contributed by atoms with E-state index < -0.39 is 0 Å². The van der Waals surface area contributed by atoms with Crippen molar-refractivity contribution in [3.05, 3.63) is 34.9 Å². The maximum Gasteiger partial charge on any atom is 0.0453 e. The lowest BCUT2D eigenvalue weighted by atomic mass is 10.0. The van der Waals surface area contributed by atoms with Crippen molar-refractivity contribution in [2.45, 2.75) is 25.3 Å². The summed E-state index contributed by atoms with van der Waals surface area (Å²) in [5.41, 5.74) is 7.15. The highest BCUT2D eigenvalue weighted by Crippen LogP contribution is 2.37. The first-order valence-electron chi connectivity index (χ1n) is 4.77. The van der Waals surface area contributed by atoms with E-state index in [1.807, 2.05) is 24.3 Å². The molecule has 3 heteroatoms. The van der Waals surface area contributed by atoms with Gasteiger partial charge in [0.15, 0.2) is 0 Å². The highest BCUT2D eigenvalue weighted by Gasteiger charge is 2.24. The minimum Gasteiger partial charge on any atom is -0.324 e. The number of hydrogen-bond acceptors (Lipinski definition) is 1. The molecule has 1 aromatic carbocycles. The van der Waals surface area contributed by atoms with Crippen molar-refractivity contribution >= 4 is 24.0 Å². The maximum atomic E-state index is 6.05. The Balaban J connectivity index is 0.000000980. The third kappa shape index (κ3) is 2.88. The monoisotopic (exact) mass is 231 g/mol. The summed E-state index contributed by atoms with van der Waals surface area (Å²) in [6, 6.07) is 7.99. The molecule has 0 amide bonds. The van der Waals surface area contributed by atoms with Crippen molar-refractivity contribution in [1.29, 1.82) is 0 Å². The Labute approximate surface area is 96.0 Å². The van der Waals surface area contributed by atoms with Gasteiger partial charge in [0.25, 0.3) is 0 Å². The van der Waals surface area contributed by atoms with E-state index in [4.69, 9.17) is 17.3 Å². The Morgan fingerprint density at radius 2 is 2.00 bits per heavy atom. The molecule has 0 radical (unpaired) electrons. The Bertz CT molecular complexity index is 297. The minimum atomic E-state index is 0. The van der Waals surface area contributed by atoms with Gasteiger partial charge in [0.1, 0.15) is 0 Å². The van der Waals surface area contributed by atoms with Crippen LogP contribution in [0.25, 0.3) is 0 Å². The molecule has 0 aliphatic heterocycles. The van der Waals surface area contributed by atoms with Crippen LogP contribution in [-0.4, -0.2) is 0 Å². The second-order valence-electron chi connectivity index (χ2n) is 3.81. The summed E-state index contributed by atoms with van der Waals surface area (Å²) in [6.45, 7) is 0. The van der Waals surface area contributed by atoms with Gasteiger partial charge >= 0.3 is 0 Å². The van der Waals surface area contributed by atoms with Crippen molar-refractivity contribution in [1.82, 2.24) is 0 Å². The van der Waals surface area contributed by atoms with Crippen LogP contribution in [0.2, 0.25) is 5.02 Å². The van der Waals surface area contributed by atoms with Gasteiger partial charge in [-0.1, -0.05) is 42.6 Å². The SMILES string of the molecule is Cl.N[C@@H](CC1CC1)c1ccccc1Cl. The molecule has 0 bridgehead atoms. The van der Waals surface area contributed by atoms with Crippen molar-refractivity contribution in [3.63, 3.8) is 0 Å². The first-order valence-corrected chi connectivity index (χ1v) is 5.15. The van der Waals surface area contributed by atoms with E-state index in [1.54, 1.807) is 0 Å². The molecule has 1 aliphatic carbocycles. The molecule has 14 heavy (non-hydrogen) atoms. The Morgan fingerprint density at radius 1 is 1.36 bits per heavy atom. The van der Waals surface area contributed by atoms with Crippen LogP contribution in [0.15, 0.2) is 24.3 Å². The Hall–Kier alpha value is -0.240. The van der Waals surface area contributed by atoms with E-state index in [-0.39, 0.29) is 18.4 Å². The van der Waals surface area contributed by atoms with Gasteiger partial charge in [-0.2, -0.15) is 0 Å². The molecule has 0 heterocycles. The van der Waals surface area contributed by atoms with Gasteiger partial charge in [0.05, 0.1) is 0 Å². The topological polar surface area (TPSA) is 26.0 Å². The lowest BCUT2D eigenvalue weighted by Crippen LogP contribution is -2.11. The summed E-state index contributed by atoms with van der Waals surface area (Å²) in [6.07, 6.45) is 3.78. The molecule has 2 rings (SSSR count). The summed E-state index contributed by atoms with van der Waals surface area (Å²) < 4.78 is 0. The fourth-order valence-corrected chi connectivity index (χ4v) is 1.89. The average molecular weight is 232 g/mol. The molecule has 1 nitrogen and oxygen atoms in total. The van der Waals surface area contributed by atoms with Gasteiger partial charge in [0, 0.05) is 11.1 Å². The molecule has 1 saturated carbocycles. The van der Waals surface area contributed by atoms with Crippen LogP contribution >= 0.6 is 24.0 Å². The predicted molar refractivity (Wildman–Crippen MR) is 63.0 cm³/mol. The summed E-state index contributed by atoms with van der Waals surface area (Å²) in [5, 5.41) is 0.802. The van der Waals surface area contributed by atoms with E-state index in [9.17, 15) is 0 Å². The molecule has 0 aromatic heterocycles. The van der Waals surface area contributed by atoms with Crippen LogP contribution in [0.3, 0.4) is 0 Å². The Kier molecular flexibility index (Phi) is 4.24. The fraction of sp³-hybridized carbons (Fsp3) is 0.455. The summed E-state index contributed by atoms with van der Waals surface area (Å²) in [7, 11) is 0. The fourth-order valence-electron chi connectivity index (χ4n) is 1.62. The van der Waals surface area contributed by atoms with Crippen molar-refractivity contribution < 1.29 is 0 Å². The van der Waals surface area contributed by atoms with E-state index in [2.05, 4.69) is 0 Å². The van der Waals surface area contributed by atoms with Crippen LogP contribution in [0.1, 0.15) is 30.9 Å². The van der Waals surface area contributed by atoms with Gasteiger partial charge in [-0.05, 0) is 24.0 Å². The molecule has 1 fully saturated rings. The third-order valence-corrected chi connectivity index (χ3v) is 2.93. The molecular weight excluding hydrogens is 217 g/mol. The van der Waals surface area contributed by atoms with Crippen LogP contribution in [0.4, 0.5) is 0 Å². The van der Waals surface area contributed by atoms with Crippen LogP contribution in [0, 0.1) is 5.92 Å². The van der Waals surface area contributed by atoms with Crippen molar-refractivity contribution in [2.75, 3.05) is 0 Å². The molecule has 2 N–H and O–H groups in total. The van der Waals surface area contributed by atoms with Gasteiger partial charge in [-0.25, -0.2) is 0 Å². The second-order valence-corrected chi connectivity index (χ2v) is 4.21. The normalized spacial score (nSPS) is 17.3. The molecule has 0 spiro atoms. The summed E-state index contributed by atoms with van der Waals surface area (Å²) in [4.78, 5) is 0.